The molecule has 0 aliphatic heterocycles. The molecule has 0 aliphatic rings. The van der Waals surface area contributed by atoms with Crippen molar-refractivity contribution >= 4 is 45.7 Å². The SMILES string of the molecule is Cc1cc(C)cc(NC(=O)C(C)Sc2cccc(NC(=O)c3ccc4ccccc4c3)c2)c1. The minimum Gasteiger partial charge on any atom is -0.325 e. The van der Waals surface area contributed by atoms with Crippen LogP contribution in [0.1, 0.15) is 28.4 Å². The monoisotopic (exact) mass is 454 g/mol. The van der Waals surface area contributed by atoms with Crippen molar-refractivity contribution < 1.29 is 9.59 Å². The van der Waals surface area contributed by atoms with Crippen LogP contribution in [0.2, 0.25) is 0 Å². The number of benzene rings is 4. The van der Waals surface area contributed by atoms with Crippen LogP contribution >= 0.6 is 11.8 Å². The molecule has 5 heteroatoms. The van der Waals surface area contributed by atoms with Gasteiger partial charge in [-0.3, -0.25) is 9.59 Å². The van der Waals surface area contributed by atoms with E-state index >= 15 is 0 Å². The number of hydrogen-bond acceptors (Lipinski definition) is 3. The van der Waals surface area contributed by atoms with Crippen molar-refractivity contribution in [2.45, 2.75) is 30.9 Å². The smallest absolute Gasteiger partial charge is 0.255 e. The molecule has 1 atom stereocenters. The van der Waals surface area contributed by atoms with Crippen LogP contribution in [-0.4, -0.2) is 17.1 Å². The fourth-order valence-electron chi connectivity index (χ4n) is 3.73. The molecule has 0 spiro atoms. The summed E-state index contributed by atoms with van der Waals surface area (Å²) in [5, 5.41) is 7.79. The highest BCUT2D eigenvalue weighted by molar-refractivity contribution is 8.00. The number of carbonyl (C=O) groups excluding carboxylic acids is 2. The Kier molecular flexibility index (Phi) is 6.80. The lowest BCUT2D eigenvalue weighted by molar-refractivity contribution is -0.115. The van der Waals surface area contributed by atoms with Gasteiger partial charge < -0.3 is 10.6 Å². The number of aryl methyl sites for hydroxylation is 2. The molecule has 2 N–H and O–H groups in total. The Morgan fingerprint density at radius 1 is 0.727 bits per heavy atom. The minimum atomic E-state index is -0.294. The van der Waals surface area contributed by atoms with E-state index in [4.69, 9.17) is 0 Å². The number of carbonyl (C=O) groups is 2. The number of nitrogens with one attached hydrogen (secondary N) is 2. The second kappa shape index (κ2) is 9.92. The third kappa shape index (κ3) is 5.82. The van der Waals surface area contributed by atoms with Gasteiger partial charge in [-0.15, -0.1) is 11.8 Å². The molecule has 0 saturated heterocycles. The van der Waals surface area contributed by atoms with Gasteiger partial charge in [0.25, 0.3) is 5.91 Å². The molecule has 0 bridgehead atoms. The first-order valence-corrected chi connectivity index (χ1v) is 11.7. The maximum Gasteiger partial charge on any atom is 0.255 e. The van der Waals surface area contributed by atoms with Gasteiger partial charge in [0.1, 0.15) is 0 Å². The van der Waals surface area contributed by atoms with Crippen LogP contribution in [-0.2, 0) is 4.79 Å². The molecule has 0 heterocycles. The Labute approximate surface area is 198 Å². The Balaban J connectivity index is 1.41. The van der Waals surface area contributed by atoms with E-state index in [1.54, 1.807) is 0 Å². The molecule has 0 aromatic heterocycles. The number of anilines is 2. The predicted octanol–water partition coefficient (Wildman–Crippen LogP) is 6.83. The summed E-state index contributed by atoms with van der Waals surface area (Å²) < 4.78 is 0. The average Bonchev–Trinajstić information content (AvgIpc) is 2.78. The van der Waals surface area contributed by atoms with E-state index in [2.05, 4.69) is 16.7 Å². The number of thioether (sulfide) groups is 1. The predicted molar refractivity (Wildman–Crippen MR) is 138 cm³/mol. The van der Waals surface area contributed by atoms with Crippen LogP contribution in [0.3, 0.4) is 0 Å². The molecule has 0 saturated carbocycles. The molecule has 166 valence electrons. The quantitative estimate of drug-likeness (QED) is 0.314. The molecule has 4 rings (SSSR count). The van der Waals surface area contributed by atoms with Gasteiger partial charge in [0.05, 0.1) is 5.25 Å². The van der Waals surface area contributed by atoms with Crippen molar-refractivity contribution in [3.8, 4) is 0 Å². The lowest BCUT2D eigenvalue weighted by Gasteiger charge is -2.14. The molecule has 0 fully saturated rings. The van der Waals surface area contributed by atoms with Crippen molar-refractivity contribution in [2.24, 2.45) is 0 Å². The lowest BCUT2D eigenvalue weighted by Crippen LogP contribution is -2.22. The van der Waals surface area contributed by atoms with Crippen LogP contribution in [0.15, 0.2) is 89.8 Å². The van der Waals surface area contributed by atoms with Crippen LogP contribution in [0.5, 0.6) is 0 Å². The summed E-state index contributed by atoms with van der Waals surface area (Å²) in [6, 6.07) is 27.2. The topological polar surface area (TPSA) is 58.2 Å². The highest BCUT2D eigenvalue weighted by Crippen LogP contribution is 2.27. The summed E-state index contributed by atoms with van der Waals surface area (Å²) in [6.45, 7) is 5.90. The van der Waals surface area contributed by atoms with Crippen molar-refractivity contribution in [3.63, 3.8) is 0 Å². The Morgan fingerprint density at radius 3 is 2.21 bits per heavy atom. The number of fused-ring (bicyclic) bond motifs is 1. The fraction of sp³-hybridized carbons (Fsp3) is 0.143. The fourth-order valence-corrected chi connectivity index (χ4v) is 4.66. The first kappa shape index (κ1) is 22.6. The molecule has 4 nitrogen and oxygen atoms in total. The second-order valence-electron chi connectivity index (χ2n) is 8.17. The van der Waals surface area contributed by atoms with Gasteiger partial charge in [-0.2, -0.15) is 0 Å². The largest absolute Gasteiger partial charge is 0.325 e. The van der Waals surface area contributed by atoms with Crippen molar-refractivity contribution in [2.75, 3.05) is 10.6 Å². The normalized spacial score (nSPS) is 11.7. The maximum atomic E-state index is 12.8. The zero-order valence-corrected chi connectivity index (χ0v) is 19.7. The molecule has 33 heavy (non-hydrogen) atoms. The zero-order chi connectivity index (χ0) is 23.4. The Bertz CT molecular complexity index is 1310. The lowest BCUT2D eigenvalue weighted by atomic mass is 10.1. The number of rotatable bonds is 6. The van der Waals surface area contributed by atoms with Crippen LogP contribution in [0, 0.1) is 13.8 Å². The third-order valence-corrected chi connectivity index (χ3v) is 6.37. The van der Waals surface area contributed by atoms with Crippen molar-refractivity contribution in [3.05, 3.63) is 102 Å². The highest BCUT2D eigenvalue weighted by Gasteiger charge is 2.16. The summed E-state index contributed by atoms with van der Waals surface area (Å²) in [6.07, 6.45) is 0. The summed E-state index contributed by atoms with van der Waals surface area (Å²) in [7, 11) is 0. The summed E-state index contributed by atoms with van der Waals surface area (Å²) in [4.78, 5) is 26.4. The Hall–Kier alpha value is -3.57. The minimum absolute atomic E-state index is 0.0596. The zero-order valence-electron chi connectivity index (χ0n) is 18.9. The molecule has 4 aromatic carbocycles. The molecule has 1 unspecified atom stereocenters. The summed E-state index contributed by atoms with van der Waals surface area (Å²) in [5.74, 6) is -0.223. The van der Waals surface area contributed by atoms with E-state index in [1.807, 2.05) is 99.6 Å². The molecular weight excluding hydrogens is 428 g/mol. The number of amides is 2. The van der Waals surface area contributed by atoms with Gasteiger partial charge >= 0.3 is 0 Å². The van der Waals surface area contributed by atoms with E-state index in [0.717, 1.165) is 32.5 Å². The van der Waals surface area contributed by atoms with Gasteiger partial charge in [-0.1, -0.05) is 42.5 Å². The molecule has 4 aromatic rings. The maximum absolute atomic E-state index is 12.8. The summed E-state index contributed by atoms with van der Waals surface area (Å²) >= 11 is 1.45. The third-order valence-electron chi connectivity index (χ3n) is 5.27. The second-order valence-corrected chi connectivity index (χ2v) is 9.58. The van der Waals surface area contributed by atoms with Crippen LogP contribution in [0.4, 0.5) is 11.4 Å². The van der Waals surface area contributed by atoms with Gasteiger partial charge in [-0.25, -0.2) is 0 Å². The van der Waals surface area contributed by atoms with E-state index in [1.165, 1.54) is 11.8 Å². The molecule has 2 amide bonds. The van der Waals surface area contributed by atoms with Crippen molar-refractivity contribution in [1.29, 1.82) is 0 Å². The van der Waals surface area contributed by atoms with Gasteiger partial charge in [0, 0.05) is 21.8 Å². The first-order valence-electron chi connectivity index (χ1n) is 10.8. The van der Waals surface area contributed by atoms with Gasteiger partial charge in [0.2, 0.25) is 5.91 Å². The standard InChI is InChI=1S/C28H26N2O2S/c1-18-13-19(2)15-25(14-18)30-27(31)20(3)33-26-10-6-9-24(17-26)29-28(32)23-12-11-21-7-4-5-8-22(21)16-23/h4-17,20H,1-3H3,(H,29,32)(H,30,31). The van der Waals surface area contributed by atoms with Gasteiger partial charge in [0.15, 0.2) is 0 Å². The van der Waals surface area contributed by atoms with Crippen LogP contribution < -0.4 is 10.6 Å². The summed E-state index contributed by atoms with van der Waals surface area (Å²) in [5.41, 5.74) is 4.33. The molecular formula is C28H26N2O2S. The average molecular weight is 455 g/mol. The van der Waals surface area contributed by atoms with Gasteiger partial charge in [-0.05, 0) is 85.1 Å². The highest BCUT2D eigenvalue weighted by atomic mass is 32.2. The number of hydrogen-bond donors (Lipinski definition) is 2. The first-order chi connectivity index (χ1) is 15.9. The van der Waals surface area contributed by atoms with E-state index < -0.39 is 0 Å². The molecule has 0 radical (unpaired) electrons. The Morgan fingerprint density at radius 2 is 1.45 bits per heavy atom. The van der Waals surface area contributed by atoms with E-state index in [-0.39, 0.29) is 17.1 Å². The molecule has 0 aliphatic carbocycles. The van der Waals surface area contributed by atoms with Crippen LogP contribution in [0.25, 0.3) is 10.8 Å². The van der Waals surface area contributed by atoms with E-state index in [0.29, 0.717) is 11.3 Å². The van der Waals surface area contributed by atoms with E-state index in [9.17, 15) is 9.59 Å². The van der Waals surface area contributed by atoms with Crippen molar-refractivity contribution in [1.82, 2.24) is 0 Å².